The fourth-order valence-corrected chi connectivity index (χ4v) is 3.28. The fraction of sp³-hybridized carbons (Fsp3) is 0.409. The molecule has 1 aromatic heterocycles. The average molecular weight is 523 g/mol. The molecular formula is C22H30IN5O2. The van der Waals surface area contributed by atoms with Gasteiger partial charge in [-0.05, 0) is 31.0 Å². The Morgan fingerprint density at radius 2 is 2.07 bits per heavy atom. The van der Waals surface area contributed by atoms with E-state index in [2.05, 4.69) is 38.9 Å². The van der Waals surface area contributed by atoms with Crippen molar-refractivity contribution in [2.45, 2.75) is 39.2 Å². The number of aliphatic imine (C=N–C) groups is 1. The number of para-hydroxylation sites is 1. The van der Waals surface area contributed by atoms with Crippen LogP contribution in [-0.2, 0) is 11.3 Å². The molecule has 1 aliphatic heterocycles. The molecule has 0 radical (unpaired) electrons. The Bertz CT molecular complexity index is 859. The summed E-state index contributed by atoms with van der Waals surface area (Å²) in [5.74, 6) is 1.49. The van der Waals surface area contributed by atoms with E-state index in [-0.39, 0.29) is 35.8 Å². The second kappa shape index (κ2) is 12.4. The van der Waals surface area contributed by atoms with Gasteiger partial charge in [0.2, 0.25) is 11.8 Å². The van der Waals surface area contributed by atoms with Crippen LogP contribution in [0.2, 0.25) is 0 Å². The molecule has 1 amide bonds. The summed E-state index contributed by atoms with van der Waals surface area (Å²) in [5.41, 5.74) is 2.99. The van der Waals surface area contributed by atoms with E-state index in [0.29, 0.717) is 38.0 Å². The van der Waals surface area contributed by atoms with Gasteiger partial charge in [-0.25, -0.2) is 9.98 Å². The highest BCUT2D eigenvalue weighted by Crippen LogP contribution is 2.31. The number of pyridine rings is 1. The topological polar surface area (TPSA) is 87.6 Å². The molecule has 0 aliphatic carbocycles. The number of nitrogens with zero attached hydrogens (tertiary/aromatic N) is 2. The number of nitrogens with one attached hydrogen (secondary N) is 3. The number of hydrogen-bond donors (Lipinski definition) is 3. The van der Waals surface area contributed by atoms with Crippen LogP contribution in [0.15, 0.2) is 47.6 Å². The van der Waals surface area contributed by atoms with Crippen LogP contribution in [0.1, 0.15) is 43.7 Å². The first kappa shape index (κ1) is 23.9. The van der Waals surface area contributed by atoms with Gasteiger partial charge in [0, 0.05) is 42.9 Å². The normalized spacial score (nSPS) is 15.5. The molecular weight excluding hydrogens is 493 g/mol. The maximum absolute atomic E-state index is 12.0. The van der Waals surface area contributed by atoms with Crippen LogP contribution < -0.4 is 20.7 Å². The number of rotatable bonds is 8. The van der Waals surface area contributed by atoms with Crippen LogP contribution in [-0.4, -0.2) is 36.5 Å². The monoisotopic (exact) mass is 523 g/mol. The second-order valence-electron chi connectivity index (χ2n) is 6.93. The number of fused-ring (bicyclic) bond motifs is 1. The summed E-state index contributed by atoms with van der Waals surface area (Å²) >= 11 is 0. The number of hydrogen-bond acceptors (Lipinski definition) is 4. The molecule has 0 spiro atoms. The molecule has 162 valence electrons. The van der Waals surface area contributed by atoms with Crippen molar-refractivity contribution in [3.63, 3.8) is 0 Å². The van der Waals surface area contributed by atoms with Crippen molar-refractivity contribution in [1.29, 1.82) is 0 Å². The molecule has 1 atom stereocenters. The number of carbonyl (C=O) groups is 1. The number of aromatic nitrogens is 1. The predicted molar refractivity (Wildman–Crippen MR) is 131 cm³/mol. The lowest BCUT2D eigenvalue weighted by Crippen LogP contribution is -2.40. The van der Waals surface area contributed by atoms with E-state index < -0.39 is 0 Å². The Hall–Kier alpha value is -2.36. The highest BCUT2D eigenvalue weighted by molar-refractivity contribution is 14.0. The average Bonchev–Trinajstić information content (AvgIpc) is 2.74. The van der Waals surface area contributed by atoms with E-state index in [4.69, 9.17) is 4.74 Å². The van der Waals surface area contributed by atoms with Crippen LogP contribution in [0, 0.1) is 0 Å². The van der Waals surface area contributed by atoms with Crippen LogP contribution in [0.4, 0.5) is 5.69 Å². The van der Waals surface area contributed by atoms with E-state index in [9.17, 15) is 4.79 Å². The molecule has 0 saturated heterocycles. The van der Waals surface area contributed by atoms with Crippen LogP contribution in [0.25, 0.3) is 0 Å². The number of guanidine groups is 1. The van der Waals surface area contributed by atoms with Crippen molar-refractivity contribution in [2.75, 3.05) is 25.0 Å². The third-order valence-corrected chi connectivity index (χ3v) is 4.67. The zero-order valence-electron chi connectivity index (χ0n) is 17.5. The first-order chi connectivity index (χ1) is 14.2. The maximum atomic E-state index is 12.0. The standard InChI is InChI=1S/C22H29N5O2.HI/c1-3-12-29-21-16(8-7-11-24-21)14-25-22(23-4-2)26-15-17-13-20(28)27-19-10-6-5-9-18(17)19;/h5-11,17H,3-4,12-15H2,1-2H3,(H,27,28)(H2,23,25,26);1H. The van der Waals surface area contributed by atoms with E-state index in [0.717, 1.165) is 29.8 Å². The van der Waals surface area contributed by atoms with E-state index in [1.165, 1.54) is 0 Å². The highest BCUT2D eigenvalue weighted by Gasteiger charge is 2.24. The maximum Gasteiger partial charge on any atom is 0.225 e. The van der Waals surface area contributed by atoms with Crippen molar-refractivity contribution in [2.24, 2.45) is 4.99 Å². The summed E-state index contributed by atoms with van der Waals surface area (Å²) in [5, 5.41) is 9.59. The summed E-state index contributed by atoms with van der Waals surface area (Å²) < 4.78 is 5.72. The van der Waals surface area contributed by atoms with E-state index in [1.807, 2.05) is 37.3 Å². The fourth-order valence-electron chi connectivity index (χ4n) is 3.28. The highest BCUT2D eigenvalue weighted by atomic mass is 127. The smallest absolute Gasteiger partial charge is 0.225 e. The van der Waals surface area contributed by atoms with Gasteiger partial charge in [-0.1, -0.05) is 31.2 Å². The van der Waals surface area contributed by atoms with E-state index >= 15 is 0 Å². The molecule has 1 aliphatic rings. The third-order valence-electron chi connectivity index (χ3n) is 4.67. The predicted octanol–water partition coefficient (Wildman–Crippen LogP) is 3.67. The van der Waals surface area contributed by atoms with Crippen LogP contribution in [0.3, 0.4) is 0 Å². The number of halogens is 1. The Kier molecular flexibility index (Phi) is 9.85. The largest absolute Gasteiger partial charge is 0.477 e. The minimum atomic E-state index is 0. The van der Waals surface area contributed by atoms with Crippen molar-refractivity contribution in [1.82, 2.24) is 15.6 Å². The van der Waals surface area contributed by atoms with Crippen molar-refractivity contribution < 1.29 is 9.53 Å². The van der Waals surface area contributed by atoms with Gasteiger partial charge in [0.25, 0.3) is 0 Å². The zero-order valence-corrected chi connectivity index (χ0v) is 19.8. The van der Waals surface area contributed by atoms with Crippen molar-refractivity contribution in [3.8, 4) is 5.88 Å². The number of anilines is 1. The molecule has 3 rings (SSSR count). The molecule has 1 unspecified atom stereocenters. The Labute approximate surface area is 195 Å². The van der Waals surface area contributed by atoms with Gasteiger partial charge in [0.1, 0.15) is 0 Å². The van der Waals surface area contributed by atoms with Gasteiger partial charge in [-0.3, -0.25) is 4.79 Å². The molecule has 2 aromatic rings. The summed E-state index contributed by atoms with van der Waals surface area (Å²) in [4.78, 5) is 21.0. The molecule has 7 nitrogen and oxygen atoms in total. The summed E-state index contributed by atoms with van der Waals surface area (Å²) in [6.07, 6.45) is 3.12. The van der Waals surface area contributed by atoms with Gasteiger partial charge in [0.15, 0.2) is 5.96 Å². The number of amides is 1. The minimum Gasteiger partial charge on any atom is -0.477 e. The molecule has 0 fully saturated rings. The van der Waals surface area contributed by atoms with Gasteiger partial charge in [-0.15, -0.1) is 24.0 Å². The molecule has 8 heteroatoms. The Balaban J connectivity index is 0.00000320. The van der Waals surface area contributed by atoms with Gasteiger partial charge in [0.05, 0.1) is 13.2 Å². The van der Waals surface area contributed by atoms with Gasteiger partial charge in [-0.2, -0.15) is 0 Å². The molecule has 30 heavy (non-hydrogen) atoms. The SMILES string of the molecule is CCCOc1ncccc1CN=C(NCC)NCC1CC(=O)Nc2ccccc21.I. The lowest BCUT2D eigenvalue weighted by Gasteiger charge is -2.26. The van der Waals surface area contributed by atoms with Crippen LogP contribution in [0.5, 0.6) is 5.88 Å². The second-order valence-corrected chi connectivity index (χ2v) is 6.93. The van der Waals surface area contributed by atoms with Gasteiger partial charge >= 0.3 is 0 Å². The quantitative estimate of drug-likeness (QED) is 0.279. The molecule has 0 bridgehead atoms. The van der Waals surface area contributed by atoms with Gasteiger partial charge < -0.3 is 20.7 Å². The van der Waals surface area contributed by atoms with Crippen molar-refractivity contribution >= 4 is 41.5 Å². The third kappa shape index (κ3) is 6.58. The Morgan fingerprint density at radius 1 is 1.23 bits per heavy atom. The summed E-state index contributed by atoms with van der Waals surface area (Å²) in [6, 6.07) is 11.8. The summed E-state index contributed by atoms with van der Waals surface area (Å²) in [7, 11) is 0. The number of benzene rings is 1. The van der Waals surface area contributed by atoms with Crippen molar-refractivity contribution in [3.05, 3.63) is 53.7 Å². The molecule has 0 saturated carbocycles. The molecule has 3 N–H and O–H groups in total. The summed E-state index contributed by atoms with van der Waals surface area (Å²) in [6.45, 7) is 6.57. The Morgan fingerprint density at radius 3 is 2.87 bits per heavy atom. The molecule has 2 heterocycles. The first-order valence-corrected chi connectivity index (χ1v) is 10.2. The number of carbonyl (C=O) groups excluding carboxylic acids is 1. The minimum absolute atomic E-state index is 0. The molecule has 1 aromatic carbocycles. The number of ether oxygens (including phenoxy) is 1. The first-order valence-electron chi connectivity index (χ1n) is 10.2. The van der Waals surface area contributed by atoms with Crippen LogP contribution >= 0.6 is 24.0 Å². The van der Waals surface area contributed by atoms with E-state index in [1.54, 1.807) is 6.20 Å². The lowest BCUT2D eigenvalue weighted by atomic mass is 9.90. The lowest BCUT2D eigenvalue weighted by molar-refractivity contribution is -0.116. The zero-order chi connectivity index (χ0) is 20.5.